The summed E-state index contributed by atoms with van der Waals surface area (Å²) in [6.07, 6.45) is 5.74. The molecule has 1 aliphatic carbocycles. The molecular formula is C22H25N3. The van der Waals surface area contributed by atoms with E-state index in [1.165, 1.54) is 30.4 Å². The lowest BCUT2D eigenvalue weighted by atomic mass is 9.84. The third kappa shape index (κ3) is 3.41. The van der Waals surface area contributed by atoms with Gasteiger partial charge in [0.15, 0.2) is 0 Å². The van der Waals surface area contributed by atoms with Gasteiger partial charge in [0.25, 0.3) is 0 Å². The molecule has 1 heterocycles. The molecule has 1 N–H and O–H groups in total. The number of hydrogen-bond acceptors (Lipinski definition) is 3. The predicted octanol–water partition coefficient (Wildman–Crippen LogP) is 4.74. The van der Waals surface area contributed by atoms with Crippen LogP contribution in [0.4, 0.5) is 5.69 Å². The van der Waals surface area contributed by atoms with Crippen LogP contribution in [0.1, 0.15) is 42.9 Å². The van der Waals surface area contributed by atoms with E-state index in [0.29, 0.717) is 6.04 Å². The number of rotatable bonds is 3. The summed E-state index contributed by atoms with van der Waals surface area (Å²) >= 11 is 0. The lowest BCUT2D eigenvalue weighted by Crippen LogP contribution is -2.49. The fourth-order valence-electron chi connectivity index (χ4n) is 4.42. The van der Waals surface area contributed by atoms with Crippen LogP contribution < -0.4 is 5.32 Å². The number of likely N-dealkylation sites (tertiary alicyclic amines) is 1. The van der Waals surface area contributed by atoms with Crippen LogP contribution in [0.3, 0.4) is 0 Å². The Balaban J connectivity index is 1.61. The normalized spacial score (nSPS) is 26.4. The van der Waals surface area contributed by atoms with Crippen molar-refractivity contribution in [3.8, 4) is 6.07 Å². The minimum absolute atomic E-state index is 0.149. The standard InChI is InChI=1S/C22H25N3/c23-16-17-13-14-25(22(15-17)24-19-9-2-1-3-10-19)21-12-6-8-18-7-4-5-11-20(18)21/h1-5,7,9-11,17,21-22,24H,6,8,12-15H2. The number of para-hydroxylation sites is 1. The van der Waals surface area contributed by atoms with Gasteiger partial charge in [0, 0.05) is 18.3 Å². The molecular weight excluding hydrogens is 306 g/mol. The van der Waals surface area contributed by atoms with Crippen LogP contribution >= 0.6 is 0 Å². The van der Waals surface area contributed by atoms with E-state index >= 15 is 0 Å². The molecule has 4 rings (SSSR count). The second-order valence-electron chi connectivity index (χ2n) is 7.22. The van der Waals surface area contributed by atoms with Crippen LogP contribution in [0.25, 0.3) is 0 Å². The summed E-state index contributed by atoms with van der Waals surface area (Å²) in [6.45, 7) is 0.988. The Kier molecular flexibility index (Phi) is 4.72. The second-order valence-corrected chi connectivity index (χ2v) is 7.22. The number of hydrogen-bond donors (Lipinski definition) is 1. The van der Waals surface area contributed by atoms with Gasteiger partial charge in [0.05, 0.1) is 18.2 Å². The Bertz CT molecular complexity index is 749. The molecule has 0 saturated carbocycles. The van der Waals surface area contributed by atoms with Gasteiger partial charge >= 0.3 is 0 Å². The third-order valence-corrected chi connectivity index (χ3v) is 5.67. The summed E-state index contributed by atoms with van der Waals surface area (Å²) in [4.78, 5) is 2.61. The molecule has 3 nitrogen and oxygen atoms in total. The van der Waals surface area contributed by atoms with Crippen molar-refractivity contribution in [3.05, 3.63) is 65.7 Å². The van der Waals surface area contributed by atoms with Gasteiger partial charge in [0.1, 0.15) is 0 Å². The fourth-order valence-corrected chi connectivity index (χ4v) is 4.42. The molecule has 1 fully saturated rings. The lowest BCUT2D eigenvalue weighted by Gasteiger charge is -2.45. The molecule has 0 bridgehead atoms. The second kappa shape index (κ2) is 7.29. The van der Waals surface area contributed by atoms with Crippen molar-refractivity contribution < 1.29 is 0 Å². The maximum absolute atomic E-state index is 9.43. The molecule has 128 valence electrons. The molecule has 2 aromatic rings. The molecule has 1 aliphatic heterocycles. The first-order valence-electron chi connectivity index (χ1n) is 9.40. The molecule has 25 heavy (non-hydrogen) atoms. The SMILES string of the molecule is N#CC1CCN(C2CCCc3ccccc32)C(Nc2ccccc2)C1. The summed E-state index contributed by atoms with van der Waals surface area (Å²) in [5.41, 5.74) is 4.13. The molecule has 0 spiro atoms. The van der Waals surface area contributed by atoms with Crippen LogP contribution in [-0.4, -0.2) is 17.6 Å². The summed E-state index contributed by atoms with van der Waals surface area (Å²) < 4.78 is 0. The van der Waals surface area contributed by atoms with Crippen molar-refractivity contribution in [3.63, 3.8) is 0 Å². The molecule has 3 atom stereocenters. The molecule has 0 radical (unpaired) electrons. The predicted molar refractivity (Wildman–Crippen MR) is 101 cm³/mol. The summed E-state index contributed by atoms with van der Waals surface area (Å²) in [7, 11) is 0. The monoisotopic (exact) mass is 331 g/mol. The van der Waals surface area contributed by atoms with Crippen molar-refractivity contribution >= 4 is 5.69 Å². The third-order valence-electron chi connectivity index (χ3n) is 5.67. The summed E-state index contributed by atoms with van der Waals surface area (Å²) in [6, 6.07) is 22.3. The summed E-state index contributed by atoms with van der Waals surface area (Å²) in [5, 5.41) is 13.1. The van der Waals surface area contributed by atoms with Gasteiger partial charge in [-0.3, -0.25) is 4.90 Å². The van der Waals surface area contributed by atoms with E-state index in [-0.39, 0.29) is 12.1 Å². The van der Waals surface area contributed by atoms with Crippen molar-refractivity contribution in [2.45, 2.75) is 44.3 Å². The molecule has 0 aromatic heterocycles. The minimum atomic E-state index is 0.149. The maximum atomic E-state index is 9.43. The molecule has 2 aromatic carbocycles. The average molecular weight is 331 g/mol. The van der Waals surface area contributed by atoms with E-state index in [0.717, 1.165) is 25.1 Å². The van der Waals surface area contributed by atoms with E-state index in [1.54, 1.807) is 0 Å². The molecule has 3 unspecified atom stereocenters. The first-order valence-corrected chi connectivity index (χ1v) is 9.40. The Hall–Kier alpha value is -2.31. The Morgan fingerprint density at radius 1 is 1.00 bits per heavy atom. The molecule has 1 saturated heterocycles. The lowest BCUT2D eigenvalue weighted by molar-refractivity contribution is 0.0848. The van der Waals surface area contributed by atoms with Gasteiger partial charge in [-0.1, -0.05) is 42.5 Å². The van der Waals surface area contributed by atoms with E-state index in [1.807, 2.05) is 6.07 Å². The van der Waals surface area contributed by atoms with Crippen molar-refractivity contribution in [2.75, 3.05) is 11.9 Å². The number of fused-ring (bicyclic) bond motifs is 1. The molecule has 3 heteroatoms. The highest BCUT2D eigenvalue weighted by molar-refractivity contribution is 5.43. The topological polar surface area (TPSA) is 39.1 Å². The first-order chi connectivity index (χ1) is 12.3. The zero-order chi connectivity index (χ0) is 17.1. The fraction of sp³-hybridized carbons (Fsp3) is 0.409. The van der Waals surface area contributed by atoms with Gasteiger partial charge in [-0.15, -0.1) is 0 Å². The molecule has 2 aliphatic rings. The van der Waals surface area contributed by atoms with E-state index in [4.69, 9.17) is 0 Å². The maximum Gasteiger partial charge on any atom is 0.0810 e. The van der Waals surface area contributed by atoms with Gasteiger partial charge in [-0.05, 0) is 55.4 Å². The number of anilines is 1. The first kappa shape index (κ1) is 16.2. The van der Waals surface area contributed by atoms with E-state index in [9.17, 15) is 5.26 Å². The zero-order valence-electron chi connectivity index (χ0n) is 14.6. The van der Waals surface area contributed by atoms with Crippen LogP contribution in [0.2, 0.25) is 0 Å². The number of nitriles is 1. The highest BCUT2D eigenvalue weighted by Gasteiger charge is 2.35. The van der Waals surface area contributed by atoms with Crippen molar-refractivity contribution in [1.82, 2.24) is 4.90 Å². The van der Waals surface area contributed by atoms with Crippen molar-refractivity contribution in [1.29, 1.82) is 5.26 Å². The summed E-state index contributed by atoms with van der Waals surface area (Å²) in [5.74, 6) is 0.149. The van der Waals surface area contributed by atoms with Gasteiger partial charge < -0.3 is 5.32 Å². The van der Waals surface area contributed by atoms with Gasteiger partial charge in [-0.25, -0.2) is 0 Å². The number of aryl methyl sites for hydroxylation is 1. The molecule has 0 amide bonds. The number of benzene rings is 2. The highest BCUT2D eigenvalue weighted by Crippen LogP contribution is 2.38. The van der Waals surface area contributed by atoms with Crippen LogP contribution in [0, 0.1) is 17.2 Å². The van der Waals surface area contributed by atoms with E-state index in [2.05, 4.69) is 64.8 Å². The van der Waals surface area contributed by atoms with Gasteiger partial charge in [0.2, 0.25) is 0 Å². The highest BCUT2D eigenvalue weighted by atomic mass is 15.3. The number of nitrogens with one attached hydrogen (secondary N) is 1. The minimum Gasteiger partial charge on any atom is -0.370 e. The van der Waals surface area contributed by atoms with Crippen LogP contribution in [-0.2, 0) is 6.42 Å². The average Bonchev–Trinajstić information content (AvgIpc) is 2.68. The Morgan fingerprint density at radius 2 is 1.80 bits per heavy atom. The van der Waals surface area contributed by atoms with Crippen LogP contribution in [0.5, 0.6) is 0 Å². The van der Waals surface area contributed by atoms with Crippen LogP contribution in [0.15, 0.2) is 54.6 Å². The number of nitrogens with zero attached hydrogens (tertiary/aromatic N) is 2. The zero-order valence-corrected chi connectivity index (χ0v) is 14.6. The quantitative estimate of drug-likeness (QED) is 0.883. The Labute approximate surface area is 150 Å². The van der Waals surface area contributed by atoms with Gasteiger partial charge in [-0.2, -0.15) is 5.26 Å². The Morgan fingerprint density at radius 3 is 2.64 bits per heavy atom. The van der Waals surface area contributed by atoms with Crippen molar-refractivity contribution in [2.24, 2.45) is 5.92 Å². The van der Waals surface area contributed by atoms with E-state index < -0.39 is 0 Å². The number of piperidine rings is 1. The smallest absolute Gasteiger partial charge is 0.0810 e. The largest absolute Gasteiger partial charge is 0.370 e.